The molecule has 0 radical (unpaired) electrons. The molecule has 78 valence electrons. The average molecular weight is 195 g/mol. The highest BCUT2D eigenvalue weighted by atomic mass is 16.5. The molecule has 1 fully saturated rings. The van der Waals surface area contributed by atoms with Gasteiger partial charge in [-0.1, -0.05) is 5.92 Å². The molecule has 0 aromatic carbocycles. The lowest BCUT2D eigenvalue weighted by Crippen LogP contribution is -2.28. The summed E-state index contributed by atoms with van der Waals surface area (Å²) >= 11 is 0. The van der Waals surface area contributed by atoms with Gasteiger partial charge in [-0.2, -0.15) is 0 Å². The molecule has 0 aromatic heterocycles. The van der Waals surface area contributed by atoms with Crippen molar-refractivity contribution in [2.75, 3.05) is 20.2 Å². The van der Waals surface area contributed by atoms with Gasteiger partial charge in [0, 0.05) is 24.4 Å². The van der Waals surface area contributed by atoms with E-state index in [0.717, 1.165) is 19.5 Å². The molecule has 0 aliphatic carbocycles. The standard InChI is InChI=1S/C11H17NO2/c1-9(2)12-7-6-10(8-12)4-5-11(13)14-3/h9-10H,6-8H2,1-3H3. The maximum Gasteiger partial charge on any atom is 0.384 e. The smallest absolute Gasteiger partial charge is 0.384 e. The summed E-state index contributed by atoms with van der Waals surface area (Å²) in [6.07, 6.45) is 1.06. The normalized spacial score (nSPS) is 21.9. The van der Waals surface area contributed by atoms with Gasteiger partial charge in [0.05, 0.1) is 7.11 Å². The van der Waals surface area contributed by atoms with Gasteiger partial charge in [0.25, 0.3) is 0 Å². The van der Waals surface area contributed by atoms with Gasteiger partial charge in [0.1, 0.15) is 0 Å². The summed E-state index contributed by atoms with van der Waals surface area (Å²) in [5.41, 5.74) is 0. The van der Waals surface area contributed by atoms with Crippen molar-refractivity contribution in [2.45, 2.75) is 26.3 Å². The zero-order chi connectivity index (χ0) is 10.6. The third-order valence-corrected chi connectivity index (χ3v) is 2.51. The summed E-state index contributed by atoms with van der Waals surface area (Å²) in [6.45, 7) is 6.41. The molecule has 0 N–H and O–H groups in total. The molecule has 1 saturated heterocycles. The minimum atomic E-state index is -0.437. The van der Waals surface area contributed by atoms with Gasteiger partial charge in [0.2, 0.25) is 0 Å². The number of ether oxygens (including phenoxy) is 1. The van der Waals surface area contributed by atoms with Crippen molar-refractivity contribution in [3.05, 3.63) is 0 Å². The van der Waals surface area contributed by atoms with Gasteiger partial charge in [-0.15, -0.1) is 0 Å². The number of nitrogens with zero attached hydrogens (tertiary/aromatic N) is 1. The van der Waals surface area contributed by atoms with Crippen molar-refractivity contribution in [3.63, 3.8) is 0 Å². The Balaban J connectivity index is 2.42. The second-order valence-electron chi connectivity index (χ2n) is 3.84. The Kier molecular flexibility index (Phi) is 3.97. The lowest BCUT2D eigenvalue weighted by atomic mass is 10.1. The molecule has 0 spiro atoms. The van der Waals surface area contributed by atoms with Crippen LogP contribution in [0.3, 0.4) is 0 Å². The molecule has 1 unspecified atom stereocenters. The third kappa shape index (κ3) is 3.04. The number of hydrogen-bond donors (Lipinski definition) is 0. The van der Waals surface area contributed by atoms with Crippen LogP contribution in [0, 0.1) is 17.8 Å². The Morgan fingerprint density at radius 1 is 1.57 bits per heavy atom. The molecule has 0 amide bonds. The van der Waals surface area contributed by atoms with Gasteiger partial charge in [-0.3, -0.25) is 4.90 Å². The van der Waals surface area contributed by atoms with E-state index in [1.807, 2.05) is 0 Å². The van der Waals surface area contributed by atoms with Gasteiger partial charge in [-0.05, 0) is 26.8 Å². The summed E-state index contributed by atoms with van der Waals surface area (Å²) < 4.78 is 4.46. The number of carbonyl (C=O) groups excluding carboxylic acids is 1. The van der Waals surface area contributed by atoms with Crippen LogP contribution in [0.15, 0.2) is 0 Å². The number of hydrogen-bond acceptors (Lipinski definition) is 3. The van der Waals surface area contributed by atoms with E-state index in [4.69, 9.17) is 0 Å². The lowest BCUT2D eigenvalue weighted by molar-refractivity contribution is -0.133. The summed E-state index contributed by atoms with van der Waals surface area (Å²) in [6, 6.07) is 0.569. The van der Waals surface area contributed by atoms with Crippen LogP contribution in [0.2, 0.25) is 0 Å². The van der Waals surface area contributed by atoms with Gasteiger partial charge >= 0.3 is 5.97 Å². The van der Waals surface area contributed by atoms with Crippen molar-refractivity contribution in [1.82, 2.24) is 4.90 Å². The second-order valence-corrected chi connectivity index (χ2v) is 3.84. The fourth-order valence-corrected chi connectivity index (χ4v) is 1.59. The molecule has 1 aliphatic heterocycles. The molecule has 1 atom stereocenters. The maximum absolute atomic E-state index is 10.8. The topological polar surface area (TPSA) is 29.5 Å². The molecule has 3 heteroatoms. The number of esters is 1. The quantitative estimate of drug-likeness (QED) is 0.353. The number of likely N-dealkylation sites (tertiary alicyclic amines) is 1. The van der Waals surface area contributed by atoms with E-state index in [9.17, 15) is 4.79 Å². The van der Waals surface area contributed by atoms with Crippen molar-refractivity contribution in [2.24, 2.45) is 5.92 Å². The fourth-order valence-electron chi connectivity index (χ4n) is 1.59. The predicted molar refractivity (Wildman–Crippen MR) is 54.6 cm³/mol. The van der Waals surface area contributed by atoms with Gasteiger partial charge < -0.3 is 4.74 Å². The first-order valence-electron chi connectivity index (χ1n) is 4.97. The highest BCUT2D eigenvalue weighted by Crippen LogP contribution is 2.17. The first-order valence-corrected chi connectivity index (χ1v) is 4.97. The van der Waals surface area contributed by atoms with E-state index >= 15 is 0 Å². The van der Waals surface area contributed by atoms with Crippen LogP contribution in [0.25, 0.3) is 0 Å². The SMILES string of the molecule is COC(=O)C#CC1CCN(C(C)C)C1. The fraction of sp³-hybridized carbons (Fsp3) is 0.727. The zero-order valence-electron chi connectivity index (χ0n) is 9.04. The van der Waals surface area contributed by atoms with E-state index < -0.39 is 5.97 Å². The van der Waals surface area contributed by atoms with Crippen molar-refractivity contribution >= 4 is 5.97 Å². The molecule has 0 saturated carbocycles. The summed E-state index contributed by atoms with van der Waals surface area (Å²) in [4.78, 5) is 13.1. The Morgan fingerprint density at radius 2 is 2.29 bits per heavy atom. The van der Waals surface area contributed by atoms with E-state index in [1.165, 1.54) is 7.11 Å². The molecular formula is C11H17NO2. The van der Waals surface area contributed by atoms with Crippen molar-refractivity contribution < 1.29 is 9.53 Å². The molecule has 1 aliphatic rings. The van der Waals surface area contributed by atoms with Crippen molar-refractivity contribution in [3.8, 4) is 11.8 Å². The van der Waals surface area contributed by atoms with Gasteiger partial charge in [-0.25, -0.2) is 4.79 Å². The molecule has 3 nitrogen and oxygen atoms in total. The van der Waals surface area contributed by atoms with E-state index in [-0.39, 0.29) is 0 Å². The van der Waals surface area contributed by atoms with Crippen LogP contribution in [0.4, 0.5) is 0 Å². The summed E-state index contributed by atoms with van der Waals surface area (Å²) in [5, 5.41) is 0. The van der Waals surface area contributed by atoms with Crippen LogP contribution in [0.1, 0.15) is 20.3 Å². The monoisotopic (exact) mass is 195 g/mol. The van der Waals surface area contributed by atoms with Crippen LogP contribution in [-0.2, 0) is 9.53 Å². The first kappa shape index (κ1) is 11.1. The van der Waals surface area contributed by atoms with E-state index in [2.05, 4.69) is 35.3 Å². The number of carbonyl (C=O) groups is 1. The largest absolute Gasteiger partial charge is 0.459 e. The molecule has 1 heterocycles. The number of rotatable bonds is 1. The lowest BCUT2D eigenvalue weighted by Gasteiger charge is -2.18. The van der Waals surface area contributed by atoms with Crippen LogP contribution >= 0.6 is 0 Å². The molecule has 0 bridgehead atoms. The molecular weight excluding hydrogens is 178 g/mol. The third-order valence-electron chi connectivity index (χ3n) is 2.51. The minimum absolute atomic E-state index is 0.330. The Labute approximate surface area is 85.4 Å². The Morgan fingerprint density at radius 3 is 2.79 bits per heavy atom. The average Bonchev–Trinajstić information content (AvgIpc) is 2.62. The highest BCUT2D eigenvalue weighted by molar-refractivity contribution is 5.88. The van der Waals surface area contributed by atoms with E-state index in [1.54, 1.807) is 0 Å². The Hall–Kier alpha value is -1.01. The van der Waals surface area contributed by atoms with Crippen LogP contribution < -0.4 is 0 Å². The van der Waals surface area contributed by atoms with Crippen molar-refractivity contribution in [1.29, 1.82) is 0 Å². The predicted octanol–water partition coefficient (Wildman–Crippen LogP) is 0.893. The van der Waals surface area contributed by atoms with Gasteiger partial charge in [0.15, 0.2) is 0 Å². The number of methoxy groups -OCH3 is 1. The second kappa shape index (κ2) is 5.02. The maximum atomic E-state index is 10.8. The first-order chi connectivity index (χ1) is 6.63. The summed E-state index contributed by atoms with van der Waals surface area (Å²) in [7, 11) is 1.35. The zero-order valence-corrected chi connectivity index (χ0v) is 9.04. The molecule has 14 heavy (non-hydrogen) atoms. The summed E-state index contributed by atoms with van der Waals surface area (Å²) in [5.74, 6) is 5.34. The Bertz CT molecular complexity index is 262. The van der Waals surface area contributed by atoms with Crippen LogP contribution in [-0.4, -0.2) is 37.1 Å². The molecule has 1 rings (SSSR count). The molecule has 0 aromatic rings. The van der Waals surface area contributed by atoms with Crippen LogP contribution in [0.5, 0.6) is 0 Å². The minimum Gasteiger partial charge on any atom is -0.459 e. The highest BCUT2D eigenvalue weighted by Gasteiger charge is 2.22. The van der Waals surface area contributed by atoms with E-state index in [0.29, 0.717) is 12.0 Å².